The molecule has 5 aromatic rings. The molecule has 3 unspecified atom stereocenters. The lowest BCUT2D eigenvalue weighted by molar-refractivity contribution is -0.117. The normalized spacial score (nSPS) is 16.8. The van der Waals surface area contributed by atoms with Crippen LogP contribution in [0.5, 0.6) is 23.1 Å². The van der Waals surface area contributed by atoms with Gasteiger partial charge in [0.15, 0.2) is 0 Å². The lowest BCUT2D eigenvalue weighted by Crippen LogP contribution is -2.36. The lowest BCUT2D eigenvalue weighted by Gasteiger charge is -2.28. The van der Waals surface area contributed by atoms with Gasteiger partial charge in [-0.2, -0.15) is 4.37 Å². The number of amides is 1. The van der Waals surface area contributed by atoms with E-state index < -0.39 is 36.6 Å². The first-order valence-corrected chi connectivity index (χ1v) is 29.5. The molecule has 81 heavy (non-hydrogen) atoms. The van der Waals surface area contributed by atoms with Crippen molar-refractivity contribution in [2.24, 2.45) is 22.5 Å². The highest BCUT2D eigenvalue weighted by atomic mass is 32.1. The first kappa shape index (κ1) is 68.3. The van der Waals surface area contributed by atoms with Gasteiger partial charge in [0.05, 0.1) is 61.9 Å². The molecule has 1 fully saturated rings. The number of primary amides is 1. The van der Waals surface area contributed by atoms with Gasteiger partial charge in [0.1, 0.15) is 49.8 Å². The molecule has 452 valence electrons. The van der Waals surface area contributed by atoms with Crippen LogP contribution in [0, 0.1) is 16.7 Å². The molecule has 4 aromatic carbocycles. The van der Waals surface area contributed by atoms with E-state index in [-0.39, 0.29) is 36.4 Å². The quantitative estimate of drug-likeness (QED) is 0.0273. The number of ether oxygens (including phenoxy) is 5. The van der Waals surface area contributed by atoms with E-state index in [1.165, 1.54) is 0 Å². The lowest BCUT2D eigenvalue weighted by atomic mass is 9.87. The third kappa shape index (κ3) is 27.7. The molecular weight excluding hydrogens is 1050 g/mol. The second-order valence-electron chi connectivity index (χ2n) is 24.3. The predicted molar refractivity (Wildman–Crippen MR) is 323 cm³/mol. The van der Waals surface area contributed by atoms with E-state index in [0.29, 0.717) is 81.6 Å². The molecule has 1 aliphatic heterocycles. The number of benzene rings is 4. The second-order valence-corrected chi connectivity index (χ2v) is 24.8. The highest BCUT2D eigenvalue weighted by molar-refractivity contribution is 6.99. The zero-order chi connectivity index (χ0) is 59.5. The van der Waals surface area contributed by atoms with Crippen molar-refractivity contribution in [3.8, 4) is 23.1 Å². The van der Waals surface area contributed by atoms with Gasteiger partial charge in [0.2, 0.25) is 11.7 Å². The average molecular weight is 1150 g/mol. The summed E-state index contributed by atoms with van der Waals surface area (Å²) in [5.41, 5.74) is 8.36. The van der Waals surface area contributed by atoms with Gasteiger partial charge in [-0.1, -0.05) is 130 Å². The molecule has 2 heterocycles. The van der Waals surface area contributed by atoms with Gasteiger partial charge >= 0.3 is 0 Å². The Labute approximate surface area is 486 Å². The number of morpholine rings is 1. The van der Waals surface area contributed by atoms with Crippen molar-refractivity contribution in [1.29, 1.82) is 0 Å². The molecule has 1 aromatic heterocycles. The van der Waals surface area contributed by atoms with Crippen LogP contribution in [0.3, 0.4) is 0 Å². The number of aromatic nitrogens is 2. The highest BCUT2D eigenvalue weighted by Crippen LogP contribution is 2.32. The second kappa shape index (κ2) is 35.1. The smallest absolute Gasteiger partial charge is 0.270 e. The number of nitrogens with zero attached hydrogens (tertiary/aromatic N) is 3. The zero-order valence-electron chi connectivity index (χ0n) is 49.9. The van der Waals surface area contributed by atoms with Gasteiger partial charge < -0.3 is 70.3 Å². The minimum Gasteiger partial charge on any atom is -0.491 e. The SMILES string of the molecule is CC(C)(C)CCC(O)COc1cccc2c1C[C@H](O)[C@H](O)C2.CC(C)(C)CC[C@H](O)COc1nsnc1N1CCOCC1.CC(C)CCC(O)COc1ccc(CC(N)=O)cc1.CC(C)NCC(O)COc1cccc2ccccc12. The zero-order valence-corrected chi connectivity index (χ0v) is 50.7. The molecule has 2 aliphatic rings. The van der Waals surface area contributed by atoms with Crippen LogP contribution in [0.15, 0.2) is 84.9 Å². The summed E-state index contributed by atoms with van der Waals surface area (Å²) in [5, 5.41) is 64.7. The molecule has 6 atom stereocenters. The van der Waals surface area contributed by atoms with Gasteiger partial charge in [-0.05, 0) is 96.1 Å². The van der Waals surface area contributed by atoms with Crippen molar-refractivity contribution in [3.63, 3.8) is 0 Å². The number of nitrogens with one attached hydrogen (secondary N) is 1. The van der Waals surface area contributed by atoms with E-state index in [4.69, 9.17) is 29.4 Å². The van der Waals surface area contributed by atoms with E-state index in [1.807, 2.05) is 48.5 Å². The van der Waals surface area contributed by atoms with E-state index in [9.17, 15) is 35.4 Å². The summed E-state index contributed by atoms with van der Waals surface area (Å²) < 4.78 is 36.5. The van der Waals surface area contributed by atoms with Gasteiger partial charge in [0, 0.05) is 49.5 Å². The maximum absolute atomic E-state index is 10.8. The molecule has 1 aliphatic carbocycles. The number of carbonyl (C=O) groups excluding carboxylic acids is 1. The summed E-state index contributed by atoms with van der Waals surface area (Å²) in [6.45, 7) is 26.0. The van der Waals surface area contributed by atoms with Crippen molar-refractivity contribution >= 4 is 34.2 Å². The van der Waals surface area contributed by atoms with Crippen LogP contribution in [-0.4, -0.2) is 147 Å². The van der Waals surface area contributed by atoms with Gasteiger partial charge in [-0.15, -0.1) is 4.37 Å². The van der Waals surface area contributed by atoms with E-state index >= 15 is 0 Å². The number of anilines is 1. The fraction of sp³-hybridized carbons (Fsp3) is 0.603. The Morgan fingerprint density at radius 3 is 1.86 bits per heavy atom. The number of aliphatic hydroxyl groups excluding tert-OH is 6. The van der Waals surface area contributed by atoms with Crippen LogP contribution in [0.2, 0.25) is 0 Å². The number of nitrogens with two attached hydrogens (primary N) is 1. The number of aliphatic hydroxyl groups is 6. The Morgan fingerprint density at radius 1 is 0.679 bits per heavy atom. The first-order valence-electron chi connectivity index (χ1n) is 28.8. The molecule has 17 nitrogen and oxygen atoms in total. The topological polar surface area (TPSA) is 252 Å². The summed E-state index contributed by atoms with van der Waals surface area (Å²) in [4.78, 5) is 12.9. The van der Waals surface area contributed by atoms with E-state index in [1.54, 1.807) is 24.3 Å². The van der Waals surface area contributed by atoms with Crippen molar-refractivity contribution in [2.45, 2.75) is 170 Å². The Balaban J connectivity index is 0.000000233. The number of rotatable bonds is 25. The van der Waals surface area contributed by atoms with Crippen LogP contribution >= 0.6 is 11.7 Å². The fourth-order valence-corrected chi connectivity index (χ4v) is 9.00. The van der Waals surface area contributed by atoms with Crippen molar-refractivity contribution in [1.82, 2.24) is 14.1 Å². The van der Waals surface area contributed by atoms with Gasteiger partial charge in [-0.25, -0.2) is 0 Å². The molecule has 9 N–H and O–H groups in total. The van der Waals surface area contributed by atoms with Crippen LogP contribution in [-0.2, 0) is 28.8 Å². The molecule has 0 spiro atoms. The minimum absolute atomic E-state index is 0.202. The van der Waals surface area contributed by atoms with Gasteiger partial charge in [-0.3, -0.25) is 4.79 Å². The molecule has 0 bridgehead atoms. The summed E-state index contributed by atoms with van der Waals surface area (Å²) in [7, 11) is 0. The highest BCUT2D eigenvalue weighted by Gasteiger charge is 2.28. The third-order valence-corrected chi connectivity index (χ3v) is 13.8. The number of fused-ring (bicyclic) bond motifs is 2. The van der Waals surface area contributed by atoms with Crippen LogP contribution in [0.4, 0.5) is 5.82 Å². The minimum atomic E-state index is -0.747. The Kier molecular flexibility index (Phi) is 29.6. The summed E-state index contributed by atoms with van der Waals surface area (Å²) in [6, 6.07) is 27.3. The van der Waals surface area contributed by atoms with Crippen molar-refractivity contribution < 1.29 is 59.1 Å². The molecule has 0 radical (unpaired) electrons. The van der Waals surface area contributed by atoms with Crippen LogP contribution < -0.4 is 34.9 Å². The molecule has 0 saturated carbocycles. The number of hydrogen-bond acceptors (Lipinski definition) is 17. The van der Waals surface area contributed by atoms with Gasteiger partial charge in [0.25, 0.3) is 5.88 Å². The number of hydrogen-bond donors (Lipinski definition) is 8. The average Bonchev–Trinajstić information content (AvgIpc) is 3.90. The summed E-state index contributed by atoms with van der Waals surface area (Å²) >= 11 is 1.14. The van der Waals surface area contributed by atoms with Crippen LogP contribution in [0.1, 0.15) is 124 Å². The standard InChI is InChI=1S/C18H28O4.C16H21NO2.C15H23NO3.C14H25N3O3S/c1-18(2,3)8-7-13(19)11-22-17-6-4-5-12-9-15(20)16(21)10-14(12)17;1-12(2)17-10-14(18)11-19-16-9-5-7-13-6-3-4-8-15(13)16;1-11(2)3-6-13(17)10-19-14-7-4-12(5-8-14)9-15(16)18;1-14(2,3)5-4-11(18)10-20-13-12(15-21-16-13)17-6-8-19-9-7-17/h4-6,13,15-16,19-21H,7-11H2,1-3H3;3-9,12,14,17-18H,10-11H2,1-2H3;4-5,7-8,11,13,17H,3,6,9-10H2,1-2H3,(H2,16,18);11,18H,4-10H2,1-3H3/t13?,15-,16+;;;11-/m1..0/s1. The number of carbonyl (C=O) groups is 1. The monoisotopic (exact) mass is 1150 g/mol. The Morgan fingerprint density at radius 2 is 1.23 bits per heavy atom. The predicted octanol–water partition coefficient (Wildman–Crippen LogP) is 8.48. The van der Waals surface area contributed by atoms with E-state index in [2.05, 4.69) is 100 Å². The molecule has 1 amide bonds. The maximum Gasteiger partial charge on any atom is 0.270 e. The third-order valence-electron chi connectivity index (χ3n) is 13.3. The maximum atomic E-state index is 10.8. The molecular formula is C63H97N5O12S. The first-order chi connectivity index (χ1) is 38.3. The molecule has 18 heteroatoms. The largest absolute Gasteiger partial charge is 0.491 e. The Hall–Kier alpha value is -5.15. The summed E-state index contributed by atoms with van der Waals surface area (Å²) in [6.07, 6.45) is 2.80. The molecule has 1 saturated heterocycles. The summed E-state index contributed by atoms with van der Waals surface area (Å²) in [5.74, 6) is 3.75. The molecule has 7 rings (SSSR count). The fourth-order valence-electron chi connectivity index (χ4n) is 8.48. The van der Waals surface area contributed by atoms with Crippen molar-refractivity contribution in [2.75, 3.05) is 64.2 Å². The van der Waals surface area contributed by atoms with E-state index in [0.717, 1.165) is 96.0 Å². The Bertz CT molecular complexity index is 2520. The van der Waals surface area contributed by atoms with Crippen LogP contribution in [0.25, 0.3) is 10.8 Å². The van der Waals surface area contributed by atoms with Crippen molar-refractivity contribution in [3.05, 3.63) is 102 Å².